The Bertz CT molecular complexity index is 516. The lowest BCUT2D eigenvalue weighted by Gasteiger charge is -2.27. The Kier molecular flexibility index (Phi) is 7.24. The average molecular weight is 338 g/mol. The van der Waals surface area contributed by atoms with Gasteiger partial charge in [0.15, 0.2) is 6.61 Å². The Labute approximate surface area is 142 Å². The summed E-state index contributed by atoms with van der Waals surface area (Å²) in [5, 5.41) is 18.1. The van der Waals surface area contributed by atoms with Gasteiger partial charge in [0.1, 0.15) is 5.75 Å². The van der Waals surface area contributed by atoms with E-state index in [1.54, 1.807) is 11.8 Å². The second kappa shape index (κ2) is 9.18. The van der Waals surface area contributed by atoms with Gasteiger partial charge >= 0.3 is 5.97 Å². The Morgan fingerprint density at radius 2 is 2.30 bits per heavy atom. The summed E-state index contributed by atoms with van der Waals surface area (Å²) in [5.41, 5.74) is 2.53. The first-order valence-corrected chi connectivity index (χ1v) is 9.45. The summed E-state index contributed by atoms with van der Waals surface area (Å²) in [5.74, 6) is 2.21. The normalized spacial score (nSPS) is 18.3. The number of hydrogen-bond acceptors (Lipinski definition) is 4. The molecule has 0 aromatic heterocycles. The van der Waals surface area contributed by atoms with Gasteiger partial charge in [-0.05, 0) is 67.9 Å². The number of benzene rings is 1. The van der Waals surface area contributed by atoms with Gasteiger partial charge in [-0.25, -0.2) is 4.79 Å². The second-order valence-corrected chi connectivity index (χ2v) is 7.31. The number of carbonyl (C=O) groups is 1. The predicted molar refractivity (Wildman–Crippen MR) is 93.5 cm³/mol. The van der Waals surface area contributed by atoms with Crippen LogP contribution in [0.4, 0.5) is 0 Å². The molecule has 0 heterocycles. The molecule has 0 radical (unpaired) electrons. The van der Waals surface area contributed by atoms with E-state index in [1.165, 1.54) is 17.5 Å². The first-order chi connectivity index (χ1) is 11.1. The molecule has 0 saturated carbocycles. The lowest BCUT2D eigenvalue weighted by Crippen LogP contribution is -2.15. The zero-order valence-corrected chi connectivity index (χ0v) is 14.5. The van der Waals surface area contributed by atoms with E-state index in [-0.39, 0.29) is 12.7 Å². The van der Waals surface area contributed by atoms with Crippen molar-refractivity contribution >= 4 is 17.7 Å². The highest BCUT2D eigenvalue weighted by molar-refractivity contribution is 7.99. The molecule has 4 nitrogen and oxygen atoms in total. The zero-order valence-electron chi connectivity index (χ0n) is 13.7. The molecule has 23 heavy (non-hydrogen) atoms. The summed E-state index contributed by atoms with van der Waals surface area (Å²) < 4.78 is 5.45. The topological polar surface area (TPSA) is 66.8 Å². The van der Waals surface area contributed by atoms with Crippen molar-refractivity contribution in [2.45, 2.75) is 51.0 Å². The maximum Gasteiger partial charge on any atom is 0.341 e. The van der Waals surface area contributed by atoms with E-state index in [0.29, 0.717) is 5.92 Å². The Morgan fingerprint density at radius 1 is 1.48 bits per heavy atom. The van der Waals surface area contributed by atoms with Crippen LogP contribution in [-0.4, -0.2) is 40.4 Å². The quantitative estimate of drug-likeness (QED) is 0.675. The van der Waals surface area contributed by atoms with E-state index >= 15 is 0 Å². The maximum atomic E-state index is 10.7. The van der Waals surface area contributed by atoms with E-state index in [0.717, 1.165) is 42.9 Å². The molecule has 0 saturated heterocycles. The van der Waals surface area contributed by atoms with Crippen LogP contribution in [0.5, 0.6) is 5.75 Å². The van der Waals surface area contributed by atoms with Crippen LogP contribution >= 0.6 is 11.8 Å². The van der Waals surface area contributed by atoms with Gasteiger partial charge in [0.25, 0.3) is 0 Å². The number of fused-ring (bicyclic) bond motifs is 1. The van der Waals surface area contributed by atoms with Crippen LogP contribution in [-0.2, 0) is 11.2 Å². The SMILES string of the molecule is CC(O)CSCCCC1CCCc2c(OCC(=O)O)cccc21. The van der Waals surface area contributed by atoms with Crippen molar-refractivity contribution in [2.75, 3.05) is 18.1 Å². The van der Waals surface area contributed by atoms with E-state index < -0.39 is 5.97 Å². The fourth-order valence-corrected chi connectivity index (χ4v) is 4.05. The number of aliphatic hydroxyl groups is 1. The third-order valence-electron chi connectivity index (χ3n) is 4.14. The molecule has 2 N–H and O–H groups in total. The van der Waals surface area contributed by atoms with Gasteiger partial charge in [-0.1, -0.05) is 12.1 Å². The predicted octanol–water partition coefficient (Wildman–Crippen LogP) is 3.46. The van der Waals surface area contributed by atoms with Crippen molar-refractivity contribution in [2.24, 2.45) is 0 Å². The third kappa shape index (κ3) is 5.74. The van der Waals surface area contributed by atoms with Crippen molar-refractivity contribution in [1.29, 1.82) is 0 Å². The van der Waals surface area contributed by atoms with Crippen LogP contribution in [0, 0.1) is 0 Å². The minimum Gasteiger partial charge on any atom is -0.482 e. The number of aliphatic hydroxyl groups excluding tert-OH is 1. The van der Waals surface area contributed by atoms with Crippen molar-refractivity contribution in [3.63, 3.8) is 0 Å². The smallest absolute Gasteiger partial charge is 0.341 e. The average Bonchev–Trinajstić information content (AvgIpc) is 2.52. The number of rotatable bonds is 9. The molecular formula is C18H26O4S. The number of thioether (sulfide) groups is 1. The molecule has 128 valence electrons. The van der Waals surface area contributed by atoms with Gasteiger partial charge in [-0.15, -0.1) is 0 Å². The summed E-state index contributed by atoms with van der Waals surface area (Å²) in [4.78, 5) is 10.7. The van der Waals surface area contributed by atoms with Gasteiger partial charge < -0.3 is 14.9 Å². The number of aliphatic carboxylic acids is 1. The molecule has 1 aliphatic carbocycles. The first kappa shape index (κ1) is 18.1. The number of ether oxygens (including phenoxy) is 1. The van der Waals surface area contributed by atoms with Crippen LogP contribution in [0.25, 0.3) is 0 Å². The minimum absolute atomic E-state index is 0.232. The van der Waals surface area contributed by atoms with E-state index in [4.69, 9.17) is 9.84 Å². The van der Waals surface area contributed by atoms with Crippen molar-refractivity contribution < 1.29 is 19.7 Å². The molecule has 0 spiro atoms. The maximum absolute atomic E-state index is 10.7. The van der Waals surface area contributed by atoms with E-state index in [2.05, 4.69) is 6.07 Å². The summed E-state index contributed by atoms with van der Waals surface area (Å²) in [7, 11) is 0. The highest BCUT2D eigenvalue weighted by Crippen LogP contribution is 2.39. The monoisotopic (exact) mass is 338 g/mol. The molecule has 0 fully saturated rings. The molecule has 2 unspecified atom stereocenters. The lowest BCUT2D eigenvalue weighted by atomic mass is 9.80. The van der Waals surface area contributed by atoms with E-state index in [1.807, 2.05) is 19.1 Å². The zero-order chi connectivity index (χ0) is 16.7. The summed E-state index contributed by atoms with van der Waals surface area (Å²) in [6.07, 6.45) is 5.34. The Hall–Kier alpha value is -1.20. The number of carboxylic acids is 1. The lowest BCUT2D eigenvalue weighted by molar-refractivity contribution is -0.139. The Balaban J connectivity index is 1.93. The van der Waals surface area contributed by atoms with Crippen molar-refractivity contribution in [3.05, 3.63) is 29.3 Å². The summed E-state index contributed by atoms with van der Waals surface area (Å²) in [6.45, 7) is 1.54. The first-order valence-electron chi connectivity index (χ1n) is 8.30. The number of hydrogen-bond donors (Lipinski definition) is 2. The summed E-state index contributed by atoms with van der Waals surface area (Å²) in [6, 6.07) is 6.01. The second-order valence-electron chi connectivity index (χ2n) is 6.16. The summed E-state index contributed by atoms with van der Waals surface area (Å²) >= 11 is 1.81. The van der Waals surface area contributed by atoms with Gasteiger partial charge in [0.05, 0.1) is 6.10 Å². The fourth-order valence-electron chi connectivity index (χ4n) is 3.17. The highest BCUT2D eigenvalue weighted by Gasteiger charge is 2.22. The fraction of sp³-hybridized carbons (Fsp3) is 0.611. The molecular weight excluding hydrogens is 312 g/mol. The Morgan fingerprint density at radius 3 is 3.04 bits per heavy atom. The molecule has 0 aliphatic heterocycles. The minimum atomic E-state index is -0.940. The largest absolute Gasteiger partial charge is 0.482 e. The van der Waals surface area contributed by atoms with Gasteiger partial charge in [0, 0.05) is 5.75 Å². The molecule has 1 aliphatic rings. The van der Waals surface area contributed by atoms with Crippen LogP contribution in [0.15, 0.2) is 18.2 Å². The highest BCUT2D eigenvalue weighted by atomic mass is 32.2. The van der Waals surface area contributed by atoms with Crippen LogP contribution in [0.2, 0.25) is 0 Å². The van der Waals surface area contributed by atoms with Gasteiger partial charge in [-0.3, -0.25) is 0 Å². The van der Waals surface area contributed by atoms with Gasteiger partial charge in [0.2, 0.25) is 0 Å². The van der Waals surface area contributed by atoms with Crippen molar-refractivity contribution in [1.82, 2.24) is 0 Å². The molecule has 2 rings (SSSR count). The molecule has 1 aromatic rings. The third-order valence-corrected chi connectivity index (χ3v) is 5.44. The molecule has 1 aromatic carbocycles. The standard InChI is InChI=1S/C18H26O4S/c1-13(19)12-23-10-4-6-14-5-2-8-16-15(14)7-3-9-17(16)22-11-18(20)21/h3,7,9,13-14,19H,2,4-6,8,10-12H2,1H3,(H,20,21). The molecule has 5 heteroatoms. The van der Waals surface area contributed by atoms with Crippen molar-refractivity contribution in [3.8, 4) is 5.75 Å². The molecule has 2 atom stereocenters. The van der Waals surface area contributed by atoms with Crippen LogP contribution in [0.1, 0.15) is 49.7 Å². The van der Waals surface area contributed by atoms with Gasteiger partial charge in [-0.2, -0.15) is 11.8 Å². The molecule has 0 amide bonds. The van der Waals surface area contributed by atoms with Crippen LogP contribution in [0.3, 0.4) is 0 Å². The van der Waals surface area contributed by atoms with E-state index in [9.17, 15) is 9.90 Å². The van der Waals surface area contributed by atoms with Crippen LogP contribution < -0.4 is 4.74 Å². The number of carboxylic acid groups (broad SMARTS) is 1. The molecule has 0 bridgehead atoms.